The zero-order valence-corrected chi connectivity index (χ0v) is 10.1. The van der Waals surface area contributed by atoms with Crippen molar-refractivity contribution in [1.29, 1.82) is 0 Å². The van der Waals surface area contributed by atoms with Gasteiger partial charge in [0.05, 0.1) is 6.20 Å². The van der Waals surface area contributed by atoms with E-state index >= 15 is 0 Å². The van der Waals surface area contributed by atoms with Gasteiger partial charge in [0.2, 0.25) is 0 Å². The summed E-state index contributed by atoms with van der Waals surface area (Å²) in [6, 6.07) is 0. The van der Waals surface area contributed by atoms with Gasteiger partial charge >= 0.3 is 0 Å². The third-order valence-corrected chi connectivity index (χ3v) is 4.14. The van der Waals surface area contributed by atoms with Gasteiger partial charge in [0.15, 0.2) is 0 Å². The fraction of sp³-hybridized carbons (Fsp3) is 0.600. The molecule has 1 aliphatic rings. The highest BCUT2D eigenvalue weighted by atomic mass is 32.2. The number of nitrogens with zero attached hydrogens (tertiary/aromatic N) is 2. The maximum Gasteiger partial charge on any atom is 0.256 e. The van der Waals surface area contributed by atoms with Crippen molar-refractivity contribution in [3.8, 4) is 0 Å². The monoisotopic (exact) mass is 240 g/mol. The Morgan fingerprint density at radius 3 is 3.19 bits per heavy atom. The summed E-state index contributed by atoms with van der Waals surface area (Å²) in [5.74, 6) is 1.49. The van der Waals surface area contributed by atoms with Crippen molar-refractivity contribution in [1.82, 2.24) is 15.1 Å². The van der Waals surface area contributed by atoms with Crippen LogP contribution < -0.4 is 11.1 Å². The second kappa shape index (κ2) is 4.78. The molecule has 1 unspecified atom stereocenters. The number of hydrogen-bond acceptors (Lipinski definition) is 4. The van der Waals surface area contributed by atoms with Gasteiger partial charge in [-0.3, -0.25) is 9.48 Å². The van der Waals surface area contributed by atoms with Gasteiger partial charge in [-0.25, -0.2) is 0 Å². The predicted octanol–water partition coefficient (Wildman–Crippen LogP) is 0.628. The minimum atomic E-state index is -0.127. The highest BCUT2D eigenvalue weighted by molar-refractivity contribution is 8.00. The molecule has 1 atom stereocenters. The molecule has 0 bridgehead atoms. The number of hydrogen-bond donors (Lipinski definition) is 2. The van der Waals surface area contributed by atoms with Crippen molar-refractivity contribution in [3.05, 3.63) is 11.8 Å². The molecule has 16 heavy (non-hydrogen) atoms. The van der Waals surface area contributed by atoms with Crippen LogP contribution in [0.3, 0.4) is 0 Å². The zero-order valence-electron chi connectivity index (χ0n) is 9.27. The highest BCUT2D eigenvalue weighted by Gasteiger charge is 2.18. The molecule has 0 aromatic carbocycles. The van der Waals surface area contributed by atoms with Gasteiger partial charge in [-0.1, -0.05) is 0 Å². The first-order chi connectivity index (χ1) is 7.68. The molecule has 1 aromatic heterocycles. The second-order valence-electron chi connectivity index (χ2n) is 3.91. The molecule has 1 fully saturated rings. The summed E-state index contributed by atoms with van der Waals surface area (Å²) < 4.78 is 1.50. The highest BCUT2D eigenvalue weighted by Crippen LogP contribution is 2.25. The normalized spacial score (nSPS) is 19.9. The van der Waals surface area contributed by atoms with Gasteiger partial charge in [-0.2, -0.15) is 16.9 Å². The molecule has 0 spiro atoms. The molecule has 2 heterocycles. The van der Waals surface area contributed by atoms with E-state index in [0.717, 1.165) is 6.54 Å². The number of amides is 1. The summed E-state index contributed by atoms with van der Waals surface area (Å²) in [7, 11) is 1.72. The van der Waals surface area contributed by atoms with Crippen LogP contribution in [0.25, 0.3) is 0 Å². The lowest BCUT2D eigenvalue weighted by molar-refractivity contribution is 0.0954. The summed E-state index contributed by atoms with van der Waals surface area (Å²) in [4.78, 5) is 11.8. The first-order valence-electron chi connectivity index (χ1n) is 5.35. The molecule has 1 amide bonds. The van der Waals surface area contributed by atoms with Crippen LogP contribution in [0.5, 0.6) is 0 Å². The van der Waals surface area contributed by atoms with Gasteiger partial charge in [0.25, 0.3) is 5.91 Å². The molecule has 0 saturated carbocycles. The number of thioether (sulfide) groups is 1. The van der Waals surface area contributed by atoms with E-state index in [0.29, 0.717) is 16.6 Å². The standard InChI is InChI=1S/C10H16N4OS/c1-14-9(11)8(6-13-14)10(15)12-5-7-3-2-4-16-7/h6-7H,2-5,11H2,1H3,(H,12,15). The molecule has 6 heteroatoms. The van der Waals surface area contributed by atoms with E-state index in [1.807, 2.05) is 11.8 Å². The van der Waals surface area contributed by atoms with Crippen LogP contribution in [0.15, 0.2) is 6.20 Å². The third kappa shape index (κ3) is 2.32. The van der Waals surface area contributed by atoms with Crippen molar-refractivity contribution in [3.63, 3.8) is 0 Å². The third-order valence-electron chi connectivity index (χ3n) is 2.74. The summed E-state index contributed by atoms with van der Waals surface area (Å²) in [6.45, 7) is 0.720. The van der Waals surface area contributed by atoms with E-state index in [1.54, 1.807) is 7.05 Å². The van der Waals surface area contributed by atoms with Crippen LogP contribution in [-0.2, 0) is 7.05 Å². The maximum atomic E-state index is 11.8. The van der Waals surface area contributed by atoms with E-state index in [-0.39, 0.29) is 5.91 Å². The van der Waals surface area contributed by atoms with E-state index in [1.165, 1.54) is 29.5 Å². The Labute approximate surface area is 98.8 Å². The Kier molecular flexibility index (Phi) is 3.38. The Hall–Kier alpha value is -1.17. The molecule has 5 nitrogen and oxygen atoms in total. The lowest BCUT2D eigenvalue weighted by Gasteiger charge is -2.09. The van der Waals surface area contributed by atoms with Gasteiger partial charge in [0, 0.05) is 18.8 Å². The van der Waals surface area contributed by atoms with Gasteiger partial charge in [-0.15, -0.1) is 0 Å². The number of carbonyl (C=O) groups is 1. The lowest BCUT2D eigenvalue weighted by Crippen LogP contribution is -2.30. The minimum Gasteiger partial charge on any atom is -0.383 e. The zero-order chi connectivity index (χ0) is 11.5. The molecule has 2 rings (SSSR count). The average Bonchev–Trinajstić information content (AvgIpc) is 2.88. The van der Waals surface area contributed by atoms with Crippen molar-refractivity contribution in [2.45, 2.75) is 18.1 Å². The second-order valence-corrected chi connectivity index (χ2v) is 5.32. The Bertz CT molecular complexity index is 384. The molecule has 1 aromatic rings. The van der Waals surface area contributed by atoms with Gasteiger partial charge in [-0.05, 0) is 18.6 Å². The smallest absolute Gasteiger partial charge is 0.256 e. The molecule has 0 aliphatic carbocycles. The van der Waals surface area contributed by atoms with E-state index < -0.39 is 0 Å². The lowest BCUT2D eigenvalue weighted by atomic mass is 10.2. The molecule has 1 saturated heterocycles. The molecule has 88 valence electrons. The summed E-state index contributed by atoms with van der Waals surface area (Å²) in [5.41, 5.74) is 6.19. The molecular weight excluding hydrogens is 224 g/mol. The number of nitrogens with one attached hydrogen (secondary N) is 1. The Morgan fingerprint density at radius 1 is 1.81 bits per heavy atom. The number of anilines is 1. The van der Waals surface area contributed by atoms with Crippen molar-refractivity contribution >= 4 is 23.5 Å². The molecule has 0 radical (unpaired) electrons. The van der Waals surface area contributed by atoms with Crippen LogP contribution in [0, 0.1) is 0 Å². The Morgan fingerprint density at radius 2 is 2.62 bits per heavy atom. The van der Waals surface area contributed by atoms with E-state index in [9.17, 15) is 4.79 Å². The number of aryl methyl sites for hydroxylation is 1. The first-order valence-corrected chi connectivity index (χ1v) is 6.40. The van der Waals surface area contributed by atoms with Crippen molar-refractivity contribution in [2.24, 2.45) is 7.05 Å². The van der Waals surface area contributed by atoms with Gasteiger partial charge < -0.3 is 11.1 Å². The van der Waals surface area contributed by atoms with E-state index in [2.05, 4.69) is 10.4 Å². The number of nitrogens with two attached hydrogens (primary N) is 1. The van der Waals surface area contributed by atoms with Gasteiger partial charge in [0.1, 0.15) is 11.4 Å². The fourth-order valence-corrected chi connectivity index (χ4v) is 2.93. The van der Waals surface area contributed by atoms with Crippen LogP contribution in [-0.4, -0.2) is 33.2 Å². The SMILES string of the molecule is Cn1ncc(C(=O)NCC2CCCS2)c1N. The molecule has 1 aliphatic heterocycles. The molecular formula is C10H16N4OS. The summed E-state index contributed by atoms with van der Waals surface area (Å²) in [6.07, 6.45) is 3.94. The average molecular weight is 240 g/mol. The number of rotatable bonds is 3. The minimum absolute atomic E-state index is 0.127. The van der Waals surface area contributed by atoms with Crippen molar-refractivity contribution in [2.75, 3.05) is 18.0 Å². The first kappa shape index (κ1) is 11.3. The summed E-state index contributed by atoms with van der Waals surface area (Å²) >= 11 is 1.92. The number of carbonyl (C=O) groups excluding carboxylic acids is 1. The fourth-order valence-electron chi connectivity index (χ4n) is 1.73. The number of aromatic nitrogens is 2. The maximum absolute atomic E-state index is 11.8. The summed E-state index contributed by atoms with van der Waals surface area (Å²) in [5, 5.41) is 7.40. The quantitative estimate of drug-likeness (QED) is 0.812. The van der Waals surface area contributed by atoms with Crippen LogP contribution in [0.2, 0.25) is 0 Å². The predicted molar refractivity (Wildman–Crippen MR) is 65.4 cm³/mol. The molecule has 3 N–H and O–H groups in total. The van der Waals surface area contributed by atoms with Crippen LogP contribution in [0.4, 0.5) is 5.82 Å². The largest absolute Gasteiger partial charge is 0.383 e. The van der Waals surface area contributed by atoms with E-state index in [4.69, 9.17) is 5.73 Å². The topological polar surface area (TPSA) is 72.9 Å². The Balaban J connectivity index is 1.90. The van der Waals surface area contributed by atoms with Crippen LogP contribution in [0.1, 0.15) is 23.2 Å². The van der Waals surface area contributed by atoms with Crippen molar-refractivity contribution < 1.29 is 4.79 Å². The number of nitrogen functional groups attached to an aromatic ring is 1. The van der Waals surface area contributed by atoms with Crippen LogP contribution >= 0.6 is 11.8 Å².